The van der Waals surface area contributed by atoms with Gasteiger partial charge in [0, 0.05) is 49.6 Å². The molecule has 5 aliphatic rings. The molecule has 6 nitrogen and oxygen atoms in total. The van der Waals surface area contributed by atoms with Gasteiger partial charge >= 0.3 is 0 Å². The number of allylic oxidation sites excluding steroid dienone is 2. The van der Waals surface area contributed by atoms with Crippen molar-refractivity contribution in [3.63, 3.8) is 0 Å². The molecule has 0 amide bonds. The molecule has 8 rings (SSSR count). The fourth-order valence-corrected chi connectivity index (χ4v) is 4.98. The van der Waals surface area contributed by atoms with Crippen LogP contribution < -0.4 is 30.7 Å². The SMILES string of the molecule is C1=CC2NCCNC2C=C1.c1ccc2c(c1)CCCN2.c1ccc2c(c1)CCN2.c1ccc2c(c1)OCO2. The quantitative estimate of drug-likeness (QED) is 0.335. The second kappa shape index (κ2) is 13.7. The molecule has 3 aromatic carbocycles. The lowest BCUT2D eigenvalue weighted by molar-refractivity contribution is 0.174. The number of aryl methyl sites for hydroxylation is 1. The predicted octanol–water partition coefficient (Wildman–Crippen LogP) is 5.16. The van der Waals surface area contributed by atoms with E-state index >= 15 is 0 Å². The highest BCUT2D eigenvalue weighted by atomic mass is 16.7. The molecule has 38 heavy (non-hydrogen) atoms. The molecular weight excluding hydrogens is 472 g/mol. The zero-order chi connectivity index (χ0) is 25.8. The van der Waals surface area contributed by atoms with Crippen LogP contribution in [0.1, 0.15) is 17.5 Å². The Balaban J connectivity index is 0.000000103. The molecule has 1 fully saturated rings. The monoisotopic (exact) mass is 510 g/mol. The summed E-state index contributed by atoms with van der Waals surface area (Å²) in [6.07, 6.45) is 12.3. The first-order valence-electron chi connectivity index (χ1n) is 13.7. The van der Waals surface area contributed by atoms with E-state index in [0.717, 1.165) is 37.7 Å². The highest BCUT2D eigenvalue weighted by Crippen LogP contribution is 2.30. The second-order valence-corrected chi connectivity index (χ2v) is 9.60. The fraction of sp³-hybridized carbons (Fsp3) is 0.312. The number of hydrogen-bond acceptors (Lipinski definition) is 6. The maximum Gasteiger partial charge on any atom is 0.231 e. The van der Waals surface area contributed by atoms with Crippen molar-refractivity contribution in [1.82, 2.24) is 10.6 Å². The molecule has 0 bridgehead atoms. The standard InChI is InChI=1S/C9H11N.C8H12N2.C8H9N.C7H6O2/c1-2-6-9-8(4-1)5-3-7-10-9;1-2-4-8-7(3-1)9-5-6-10-8;1-2-4-8-7(3-1)5-6-9-8;1-2-4-7-6(3-1)8-5-9-7/h1-2,4,6,10H,3,5,7H2;1-4,7-10H,5-6H2;1-4,9H,5-6H2;1-4H,5H2. The van der Waals surface area contributed by atoms with E-state index in [4.69, 9.17) is 9.47 Å². The number of nitrogens with one attached hydrogen (secondary N) is 4. The fourth-order valence-electron chi connectivity index (χ4n) is 4.98. The third-order valence-corrected chi connectivity index (χ3v) is 6.98. The van der Waals surface area contributed by atoms with Crippen molar-refractivity contribution in [2.24, 2.45) is 0 Å². The summed E-state index contributed by atoms with van der Waals surface area (Å²) in [5.74, 6) is 1.69. The summed E-state index contributed by atoms with van der Waals surface area (Å²) >= 11 is 0. The largest absolute Gasteiger partial charge is 0.454 e. The molecule has 4 heterocycles. The van der Waals surface area contributed by atoms with E-state index in [1.165, 1.54) is 41.8 Å². The second-order valence-electron chi connectivity index (χ2n) is 9.60. The third kappa shape index (κ3) is 7.18. The van der Waals surface area contributed by atoms with E-state index in [2.05, 4.69) is 94.1 Å². The Bertz CT molecular complexity index is 1080. The molecular formula is C32H38N4O2. The Kier molecular flexibility index (Phi) is 9.34. The topological polar surface area (TPSA) is 66.6 Å². The average molecular weight is 511 g/mol. The third-order valence-electron chi connectivity index (χ3n) is 6.98. The molecule has 0 saturated carbocycles. The van der Waals surface area contributed by atoms with Gasteiger partial charge in [-0.3, -0.25) is 0 Å². The Hall–Kier alpha value is -3.74. The van der Waals surface area contributed by atoms with Gasteiger partial charge in [-0.25, -0.2) is 0 Å². The Labute approximate surface area is 226 Å². The van der Waals surface area contributed by atoms with Crippen LogP contribution in [0.4, 0.5) is 11.4 Å². The molecule has 0 radical (unpaired) electrons. The number of benzene rings is 3. The van der Waals surface area contributed by atoms with Gasteiger partial charge in [0.2, 0.25) is 6.79 Å². The van der Waals surface area contributed by atoms with E-state index < -0.39 is 0 Å². The van der Waals surface area contributed by atoms with Crippen molar-refractivity contribution < 1.29 is 9.47 Å². The van der Waals surface area contributed by atoms with Crippen LogP contribution in [0, 0.1) is 0 Å². The summed E-state index contributed by atoms with van der Waals surface area (Å²) in [5, 5.41) is 13.5. The molecule has 0 spiro atoms. The van der Waals surface area contributed by atoms with Gasteiger partial charge in [0.15, 0.2) is 11.5 Å². The molecule has 6 heteroatoms. The summed E-state index contributed by atoms with van der Waals surface area (Å²) in [7, 11) is 0. The first kappa shape index (κ1) is 25.9. The number of fused-ring (bicyclic) bond motifs is 4. The number of piperazine rings is 1. The van der Waals surface area contributed by atoms with Gasteiger partial charge in [-0.05, 0) is 54.7 Å². The maximum absolute atomic E-state index is 5.08. The van der Waals surface area contributed by atoms with Gasteiger partial charge < -0.3 is 30.7 Å². The number of rotatable bonds is 0. The molecule has 3 aromatic rings. The smallest absolute Gasteiger partial charge is 0.231 e. The summed E-state index contributed by atoms with van der Waals surface area (Å²) in [6, 6.07) is 25.7. The van der Waals surface area contributed by atoms with Crippen molar-refractivity contribution in [2.45, 2.75) is 31.3 Å². The Morgan fingerprint density at radius 3 is 1.68 bits per heavy atom. The van der Waals surface area contributed by atoms with Crippen molar-refractivity contribution >= 4 is 11.4 Å². The van der Waals surface area contributed by atoms with Crippen molar-refractivity contribution in [3.8, 4) is 11.5 Å². The van der Waals surface area contributed by atoms with Crippen LogP contribution in [0.2, 0.25) is 0 Å². The van der Waals surface area contributed by atoms with Gasteiger partial charge in [-0.2, -0.15) is 0 Å². The molecule has 1 aliphatic carbocycles. The minimum absolute atomic E-state index is 0.360. The summed E-state index contributed by atoms with van der Waals surface area (Å²) in [6.45, 7) is 4.77. The van der Waals surface area contributed by atoms with Gasteiger partial charge in [0.05, 0.1) is 0 Å². The molecule has 0 aromatic heterocycles. The average Bonchev–Trinajstić information content (AvgIpc) is 3.68. The van der Waals surface area contributed by atoms with Crippen molar-refractivity contribution in [3.05, 3.63) is 108 Å². The molecule has 4 aliphatic heterocycles. The van der Waals surface area contributed by atoms with Crippen LogP contribution in [0.25, 0.3) is 0 Å². The molecule has 1 saturated heterocycles. The minimum atomic E-state index is 0.360. The van der Waals surface area contributed by atoms with Crippen molar-refractivity contribution in [2.75, 3.05) is 43.6 Å². The molecule has 198 valence electrons. The van der Waals surface area contributed by atoms with Crippen molar-refractivity contribution in [1.29, 1.82) is 0 Å². The summed E-state index contributed by atoms with van der Waals surface area (Å²) in [4.78, 5) is 0. The van der Waals surface area contributed by atoms with E-state index in [1.807, 2.05) is 24.3 Å². The van der Waals surface area contributed by atoms with Gasteiger partial charge in [0.25, 0.3) is 0 Å². The number of para-hydroxylation sites is 4. The normalized spacial score (nSPS) is 20.7. The van der Waals surface area contributed by atoms with Crippen LogP contribution in [0.15, 0.2) is 97.1 Å². The lowest BCUT2D eigenvalue weighted by Crippen LogP contribution is -2.54. The summed E-state index contributed by atoms with van der Waals surface area (Å²) in [5.41, 5.74) is 5.57. The Morgan fingerprint density at radius 2 is 1.08 bits per heavy atom. The zero-order valence-electron chi connectivity index (χ0n) is 21.9. The van der Waals surface area contributed by atoms with E-state index in [0.29, 0.717) is 18.9 Å². The first-order valence-corrected chi connectivity index (χ1v) is 13.7. The van der Waals surface area contributed by atoms with Crippen LogP contribution in [0.5, 0.6) is 11.5 Å². The number of ether oxygens (including phenoxy) is 2. The number of anilines is 2. The van der Waals surface area contributed by atoms with Crippen LogP contribution in [0.3, 0.4) is 0 Å². The van der Waals surface area contributed by atoms with Gasteiger partial charge in [0.1, 0.15) is 0 Å². The van der Waals surface area contributed by atoms with Gasteiger partial charge in [-0.1, -0.05) is 72.8 Å². The highest BCUT2D eigenvalue weighted by molar-refractivity contribution is 5.55. The van der Waals surface area contributed by atoms with E-state index in [-0.39, 0.29) is 0 Å². The molecule has 4 N–H and O–H groups in total. The lowest BCUT2D eigenvalue weighted by atomic mass is 10.0. The number of hydrogen-bond donors (Lipinski definition) is 4. The summed E-state index contributed by atoms with van der Waals surface area (Å²) < 4.78 is 10.2. The van der Waals surface area contributed by atoms with Crippen LogP contribution in [-0.2, 0) is 12.8 Å². The maximum atomic E-state index is 5.08. The minimum Gasteiger partial charge on any atom is -0.454 e. The predicted molar refractivity (Wildman–Crippen MR) is 156 cm³/mol. The van der Waals surface area contributed by atoms with Crippen LogP contribution in [-0.4, -0.2) is 45.1 Å². The van der Waals surface area contributed by atoms with E-state index in [9.17, 15) is 0 Å². The van der Waals surface area contributed by atoms with E-state index in [1.54, 1.807) is 0 Å². The zero-order valence-corrected chi connectivity index (χ0v) is 21.9. The Morgan fingerprint density at radius 1 is 0.553 bits per heavy atom. The first-order chi connectivity index (χ1) is 18.9. The lowest BCUT2D eigenvalue weighted by Gasteiger charge is -2.31. The van der Waals surface area contributed by atoms with Gasteiger partial charge in [-0.15, -0.1) is 0 Å². The molecule has 2 atom stereocenters. The van der Waals surface area contributed by atoms with Crippen LogP contribution >= 0.6 is 0 Å². The highest BCUT2D eigenvalue weighted by Gasteiger charge is 2.20. The molecule has 2 unspecified atom stereocenters.